The van der Waals surface area contributed by atoms with Gasteiger partial charge in [0.1, 0.15) is 12.4 Å². The van der Waals surface area contributed by atoms with Crippen molar-refractivity contribution in [3.05, 3.63) is 77.4 Å². The lowest BCUT2D eigenvalue weighted by molar-refractivity contribution is -0.140. The summed E-state index contributed by atoms with van der Waals surface area (Å²) in [5, 5.41) is 14.4. The molecule has 2 aromatic rings. The molecule has 148 valence electrons. The molecule has 2 aromatic carbocycles. The largest absolute Gasteiger partial charge is 0.489 e. The molecule has 2 bridgehead atoms. The first-order valence-corrected chi connectivity index (χ1v) is 9.96. The standard InChI is InChI=1S/C24H19N3O3/c25-12-18-3-1-2-4-19(18)14-30-20-9-5-15(6-10-20)13-26-27-23(28)21-16-7-8-17(11-16)22(21)24(27)29/h1-10,13,16-17,21-22H,11,14H2/b26-13-/t16-,17-,21-,22+/m0/s1. The van der Waals surface area contributed by atoms with Crippen LogP contribution in [0.2, 0.25) is 0 Å². The van der Waals surface area contributed by atoms with E-state index in [1.165, 1.54) is 6.21 Å². The van der Waals surface area contributed by atoms with E-state index < -0.39 is 0 Å². The Kier molecular flexibility index (Phi) is 4.44. The number of hydrogen-bond donors (Lipinski definition) is 0. The van der Waals surface area contributed by atoms with Crippen LogP contribution in [-0.2, 0) is 16.2 Å². The number of hydrogen-bond acceptors (Lipinski definition) is 5. The molecule has 0 spiro atoms. The van der Waals surface area contributed by atoms with Crippen LogP contribution in [0.15, 0.2) is 65.8 Å². The Balaban J connectivity index is 1.23. The number of ether oxygens (including phenoxy) is 1. The molecule has 6 heteroatoms. The van der Waals surface area contributed by atoms with Gasteiger partial charge in [0.2, 0.25) is 0 Å². The number of rotatable bonds is 5. The van der Waals surface area contributed by atoms with Gasteiger partial charge in [0.25, 0.3) is 11.8 Å². The zero-order valence-corrected chi connectivity index (χ0v) is 16.1. The molecule has 4 atom stereocenters. The van der Waals surface area contributed by atoms with Crippen LogP contribution in [-0.4, -0.2) is 23.0 Å². The fraction of sp³-hybridized carbons (Fsp3) is 0.250. The second-order valence-electron chi connectivity index (χ2n) is 7.86. The van der Waals surface area contributed by atoms with Crippen LogP contribution in [0, 0.1) is 35.0 Å². The molecule has 0 N–H and O–H groups in total. The topological polar surface area (TPSA) is 82.8 Å². The molecule has 5 rings (SSSR count). The molecule has 2 aliphatic carbocycles. The van der Waals surface area contributed by atoms with Gasteiger partial charge in [0.15, 0.2) is 0 Å². The molecule has 1 heterocycles. The smallest absolute Gasteiger partial charge is 0.254 e. The lowest BCUT2D eigenvalue weighted by atomic mass is 9.85. The quantitative estimate of drug-likeness (QED) is 0.440. The predicted octanol–water partition coefficient (Wildman–Crippen LogP) is 3.28. The molecule has 1 saturated heterocycles. The van der Waals surface area contributed by atoms with E-state index in [0.717, 1.165) is 22.6 Å². The van der Waals surface area contributed by atoms with Crippen molar-refractivity contribution in [1.82, 2.24) is 5.01 Å². The van der Waals surface area contributed by atoms with E-state index in [-0.39, 0.29) is 35.5 Å². The SMILES string of the molecule is N#Cc1ccccc1COc1ccc(/C=N\N2C(=O)[C@@H]3[C@H](C2=O)[C@H]2C=C[C@H]3C2)cc1. The van der Waals surface area contributed by atoms with Gasteiger partial charge in [-0.3, -0.25) is 9.59 Å². The van der Waals surface area contributed by atoms with E-state index in [1.807, 2.05) is 30.3 Å². The highest BCUT2D eigenvalue weighted by Gasteiger charge is 2.59. The summed E-state index contributed by atoms with van der Waals surface area (Å²) in [6, 6.07) is 16.7. The van der Waals surface area contributed by atoms with Crippen LogP contribution in [0.25, 0.3) is 0 Å². The first-order valence-electron chi connectivity index (χ1n) is 9.96. The average molecular weight is 397 g/mol. The van der Waals surface area contributed by atoms with E-state index in [4.69, 9.17) is 10.00 Å². The van der Waals surface area contributed by atoms with Crippen LogP contribution >= 0.6 is 0 Å². The first kappa shape index (κ1) is 18.3. The van der Waals surface area contributed by atoms with Crippen LogP contribution < -0.4 is 4.74 Å². The summed E-state index contributed by atoms with van der Waals surface area (Å²) >= 11 is 0. The number of amides is 2. The van der Waals surface area contributed by atoms with Gasteiger partial charge >= 0.3 is 0 Å². The number of nitrogens with zero attached hydrogens (tertiary/aromatic N) is 3. The lowest BCUT2D eigenvalue weighted by Crippen LogP contribution is -2.28. The summed E-state index contributed by atoms with van der Waals surface area (Å²) in [6.07, 6.45) is 6.57. The van der Waals surface area contributed by atoms with E-state index >= 15 is 0 Å². The normalized spacial score (nSPS) is 26.4. The molecule has 0 unspecified atom stereocenters. The summed E-state index contributed by atoms with van der Waals surface area (Å²) in [5.74, 6) is 0.167. The lowest BCUT2D eigenvalue weighted by Gasteiger charge is -2.13. The summed E-state index contributed by atoms with van der Waals surface area (Å²) < 4.78 is 5.76. The average Bonchev–Trinajstić information content (AvgIpc) is 3.46. The maximum absolute atomic E-state index is 12.6. The maximum atomic E-state index is 12.6. The second-order valence-corrected chi connectivity index (χ2v) is 7.86. The van der Waals surface area contributed by atoms with Crippen LogP contribution in [0.1, 0.15) is 23.1 Å². The van der Waals surface area contributed by atoms with Crippen molar-refractivity contribution in [3.8, 4) is 11.8 Å². The van der Waals surface area contributed by atoms with Gasteiger partial charge < -0.3 is 4.74 Å². The van der Waals surface area contributed by atoms with Crippen LogP contribution in [0.3, 0.4) is 0 Å². The van der Waals surface area contributed by atoms with E-state index in [1.54, 1.807) is 18.2 Å². The number of nitriles is 1. The second kappa shape index (κ2) is 7.27. The maximum Gasteiger partial charge on any atom is 0.254 e. The molecule has 1 saturated carbocycles. The van der Waals surface area contributed by atoms with Gasteiger partial charge in [0, 0.05) is 5.56 Å². The fourth-order valence-electron chi connectivity index (χ4n) is 4.69. The highest BCUT2D eigenvalue weighted by molar-refractivity contribution is 6.06. The minimum absolute atomic E-state index is 0.180. The van der Waals surface area contributed by atoms with Gasteiger partial charge in [-0.05, 0) is 54.2 Å². The summed E-state index contributed by atoms with van der Waals surface area (Å²) in [4.78, 5) is 25.3. The van der Waals surface area contributed by atoms with E-state index in [9.17, 15) is 9.59 Å². The monoisotopic (exact) mass is 397 g/mol. The van der Waals surface area contributed by atoms with E-state index in [0.29, 0.717) is 17.9 Å². The minimum Gasteiger partial charge on any atom is -0.489 e. The molecule has 0 aromatic heterocycles. The summed E-state index contributed by atoms with van der Waals surface area (Å²) in [5.41, 5.74) is 2.18. The number of hydrazone groups is 1. The van der Waals surface area contributed by atoms with E-state index in [2.05, 4.69) is 23.3 Å². The van der Waals surface area contributed by atoms with Gasteiger partial charge in [-0.2, -0.15) is 15.4 Å². The van der Waals surface area contributed by atoms with Gasteiger partial charge in [0.05, 0.1) is 29.7 Å². The summed E-state index contributed by atoms with van der Waals surface area (Å²) in [7, 11) is 0. The number of benzene rings is 2. The van der Waals surface area contributed by atoms with Gasteiger partial charge in [-0.15, -0.1) is 0 Å². The van der Waals surface area contributed by atoms with Crippen molar-refractivity contribution in [2.45, 2.75) is 13.0 Å². The number of fused-ring (bicyclic) bond motifs is 5. The highest BCUT2D eigenvalue weighted by atomic mass is 16.5. The third-order valence-electron chi connectivity index (χ3n) is 6.18. The van der Waals surface area contributed by atoms with Crippen LogP contribution in [0.5, 0.6) is 5.75 Å². The zero-order valence-electron chi connectivity index (χ0n) is 16.1. The first-order chi connectivity index (χ1) is 14.7. The third kappa shape index (κ3) is 3.00. The Hall–Kier alpha value is -3.72. The minimum atomic E-state index is -0.239. The number of carbonyl (C=O) groups excluding carboxylic acids is 2. The van der Waals surface area contributed by atoms with Crippen molar-refractivity contribution in [2.24, 2.45) is 28.8 Å². The molecular weight excluding hydrogens is 378 g/mol. The third-order valence-corrected chi connectivity index (χ3v) is 6.18. The van der Waals surface area contributed by atoms with Crippen molar-refractivity contribution in [1.29, 1.82) is 5.26 Å². The number of carbonyl (C=O) groups is 2. The molecule has 3 aliphatic rings. The van der Waals surface area contributed by atoms with Gasteiger partial charge in [-0.25, -0.2) is 0 Å². The highest BCUT2D eigenvalue weighted by Crippen LogP contribution is 2.52. The van der Waals surface area contributed by atoms with Crippen molar-refractivity contribution < 1.29 is 14.3 Å². The van der Waals surface area contributed by atoms with Crippen molar-refractivity contribution >= 4 is 18.0 Å². The molecule has 2 amide bonds. The van der Waals surface area contributed by atoms with Gasteiger partial charge in [-0.1, -0.05) is 30.4 Å². The molecule has 6 nitrogen and oxygen atoms in total. The Labute approximate surface area is 174 Å². The summed E-state index contributed by atoms with van der Waals surface area (Å²) in [6.45, 7) is 0.299. The molecule has 1 aliphatic heterocycles. The Bertz CT molecular complexity index is 1080. The molecule has 30 heavy (non-hydrogen) atoms. The van der Waals surface area contributed by atoms with Crippen molar-refractivity contribution in [3.63, 3.8) is 0 Å². The molecular formula is C24H19N3O3. The predicted molar refractivity (Wildman–Crippen MR) is 109 cm³/mol. The zero-order chi connectivity index (χ0) is 20.7. The Morgan fingerprint density at radius 2 is 1.70 bits per heavy atom. The number of allylic oxidation sites excluding steroid dienone is 2. The Morgan fingerprint density at radius 3 is 2.37 bits per heavy atom. The number of imide groups is 1. The van der Waals surface area contributed by atoms with Crippen molar-refractivity contribution in [2.75, 3.05) is 0 Å². The van der Waals surface area contributed by atoms with Crippen LogP contribution in [0.4, 0.5) is 0 Å². The Morgan fingerprint density at radius 1 is 1.03 bits per heavy atom. The molecule has 0 radical (unpaired) electrons. The fourth-order valence-corrected chi connectivity index (χ4v) is 4.69. The molecule has 2 fully saturated rings.